The van der Waals surface area contributed by atoms with Gasteiger partial charge in [0.2, 0.25) is 0 Å². The van der Waals surface area contributed by atoms with Gasteiger partial charge in [-0.3, -0.25) is 0 Å². The van der Waals surface area contributed by atoms with Gasteiger partial charge in [-0.25, -0.2) is 4.98 Å². The standard InChI is InChI=1S/C17H25N5S/c1-12-14(23-11-19-12)8-18-7-13-9-22(10-13)16-6-5-15(20-21-16)17(2,3)4/h5-6,11,13,18H,7-10H2,1-4H3. The van der Waals surface area contributed by atoms with Crippen molar-refractivity contribution < 1.29 is 0 Å². The Bertz CT molecular complexity index is 638. The van der Waals surface area contributed by atoms with E-state index in [4.69, 9.17) is 0 Å². The van der Waals surface area contributed by atoms with E-state index in [9.17, 15) is 0 Å². The molecule has 23 heavy (non-hydrogen) atoms. The Labute approximate surface area is 142 Å². The lowest BCUT2D eigenvalue weighted by Gasteiger charge is -2.40. The lowest BCUT2D eigenvalue weighted by molar-refractivity contribution is 0.381. The van der Waals surface area contributed by atoms with E-state index in [0.717, 1.165) is 43.4 Å². The average molecular weight is 331 g/mol. The Morgan fingerprint density at radius 3 is 2.61 bits per heavy atom. The molecule has 0 unspecified atom stereocenters. The van der Waals surface area contributed by atoms with Crippen molar-refractivity contribution in [3.05, 3.63) is 33.9 Å². The van der Waals surface area contributed by atoms with E-state index in [1.54, 1.807) is 11.3 Å². The summed E-state index contributed by atoms with van der Waals surface area (Å²) in [5.74, 6) is 1.68. The molecule has 1 aliphatic rings. The minimum absolute atomic E-state index is 0.0573. The molecule has 2 aromatic rings. The summed E-state index contributed by atoms with van der Waals surface area (Å²) in [6, 6.07) is 4.19. The molecule has 0 atom stereocenters. The van der Waals surface area contributed by atoms with Gasteiger partial charge in [-0.1, -0.05) is 20.8 Å². The van der Waals surface area contributed by atoms with Crippen LogP contribution in [0.25, 0.3) is 0 Å². The molecule has 3 rings (SSSR count). The first-order chi connectivity index (χ1) is 10.9. The number of thiazole rings is 1. The molecular weight excluding hydrogens is 306 g/mol. The van der Waals surface area contributed by atoms with Gasteiger partial charge in [0.05, 0.1) is 16.9 Å². The van der Waals surface area contributed by atoms with E-state index in [1.165, 1.54) is 4.88 Å². The summed E-state index contributed by atoms with van der Waals surface area (Å²) in [6.45, 7) is 12.6. The first-order valence-electron chi connectivity index (χ1n) is 8.12. The predicted octanol–water partition coefficient (Wildman–Crippen LogP) is 2.77. The van der Waals surface area contributed by atoms with E-state index in [0.29, 0.717) is 5.92 Å². The van der Waals surface area contributed by atoms with E-state index >= 15 is 0 Å². The number of anilines is 1. The predicted molar refractivity (Wildman–Crippen MR) is 95.0 cm³/mol. The Balaban J connectivity index is 1.43. The second kappa shape index (κ2) is 6.53. The third-order valence-electron chi connectivity index (χ3n) is 4.26. The Morgan fingerprint density at radius 2 is 2.04 bits per heavy atom. The molecule has 124 valence electrons. The summed E-state index contributed by atoms with van der Waals surface area (Å²) in [7, 11) is 0. The highest BCUT2D eigenvalue weighted by Gasteiger charge is 2.28. The van der Waals surface area contributed by atoms with Crippen LogP contribution in [-0.4, -0.2) is 34.8 Å². The monoisotopic (exact) mass is 331 g/mol. The van der Waals surface area contributed by atoms with Gasteiger partial charge in [0.25, 0.3) is 0 Å². The maximum absolute atomic E-state index is 4.38. The lowest BCUT2D eigenvalue weighted by atomic mass is 9.92. The molecule has 0 spiro atoms. The van der Waals surface area contributed by atoms with Gasteiger partial charge < -0.3 is 10.2 Å². The topological polar surface area (TPSA) is 53.9 Å². The third kappa shape index (κ3) is 3.87. The first-order valence-corrected chi connectivity index (χ1v) is 9.00. The van der Waals surface area contributed by atoms with Crippen LogP contribution in [0.4, 0.5) is 5.82 Å². The molecule has 0 radical (unpaired) electrons. The SMILES string of the molecule is Cc1ncsc1CNCC1CN(c2ccc(C(C)(C)C)nn2)C1. The maximum atomic E-state index is 4.38. The summed E-state index contributed by atoms with van der Waals surface area (Å²) in [6.07, 6.45) is 0. The molecule has 2 aromatic heterocycles. The first kappa shape index (κ1) is 16.3. The van der Waals surface area contributed by atoms with Crippen molar-refractivity contribution in [2.75, 3.05) is 24.5 Å². The zero-order valence-electron chi connectivity index (χ0n) is 14.3. The van der Waals surface area contributed by atoms with Crippen LogP contribution >= 0.6 is 11.3 Å². The van der Waals surface area contributed by atoms with Crippen LogP contribution in [0.5, 0.6) is 0 Å². The Kier molecular flexibility index (Phi) is 4.64. The van der Waals surface area contributed by atoms with Crippen molar-refractivity contribution in [3.8, 4) is 0 Å². The van der Waals surface area contributed by atoms with E-state index in [1.807, 2.05) is 5.51 Å². The summed E-state index contributed by atoms with van der Waals surface area (Å²) >= 11 is 1.73. The quantitative estimate of drug-likeness (QED) is 0.913. The highest BCUT2D eigenvalue weighted by molar-refractivity contribution is 7.09. The second-order valence-corrected chi connectivity index (χ2v) is 8.23. The molecule has 5 nitrogen and oxygen atoms in total. The number of rotatable bonds is 5. The van der Waals surface area contributed by atoms with E-state index in [-0.39, 0.29) is 5.41 Å². The van der Waals surface area contributed by atoms with Gasteiger partial charge in [0.1, 0.15) is 0 Å². The highest BCUT2D eigenvalue weighted by atomic mass is 32.1. The van der Waals surface area contributed by atoms with Gasteiger partial charge in [0, 0.05) is 42.4 Å². The van der Waals surface area contributed by atoms with Crippen molar-refractivity contribution in [3.63, 3.8) is 0 Å². The minimum Gasteiger partial charge on any atom is -0.354 e. The molecule has 0 bridgehead atoms. The number of aromatic nitrogens is 3. The molecule has 1 aliphatic heterocycles. The number of nitrogens with zero attached hydrogens (tertiary/aromatic N) is 4. The van der Waals surface area contributed by atoms with Crippen LogP contribution in [0.1, 0.15) is 37.0 Å². The van der Waals surface area contributed by atoms with Crippen LogP contribution in [-0.2, 0) is 12.0 Å². The van der Waals surface area contributed by atoms with Crippen LogP contribution in [0.15, 0.2) is 17.6 Å². The van der Waals surface area contributed by atoms with Gasteiger partial charge >= 0.3 is 0 Å². The van der Waals surface area contributed by atoms with Crippen LogP contribution in [0.2, 0.25) is 0 Å². The van der Waals surface area contributed by atoms with Gasteiger partial charge in [0.15, 0.2) is 5.82 Å². The average Bonchev–Trinajstić information content (AvgIpc) is 2.86. The van der Waals surface area contributed by atoms with E-state index in [2.05, 4.69) is 65.2 Å². The molecule has 3 heterocycles. The van der Waals surface area contributed by atoms with Crippen molar-refractivity contribution in [2.45, 2.75) is 39.7 Å². The van der Waals surface area contributed by atoms with Crippen LogP contribution in [0.3, 0.4) is 0 Å². The van der Waals surface area contributed by atoms with Crippen molar-refractivity contribution in [2.24, 2.45) is 5.92 Å². The third-order valence-corrected chi connectivity index (χ3v) is 5.20. The van der Waals surface area contributed by atoms with Crippen molar-refractivity contribution in [1.82, 2.24) is 20.5 Å². The molecular formula is C17H25N5S. The fourth-order valence-electron chi connectivity index (χ4n) is 2.67. The van der Waals surface area contributed by atoms with Gasteiger partial charge in [-0.2, -0.15) is 5.10 Å². The molecule has 0 amide bonds. The van der Waals surface area contributed by atoms with Crippen LogP contribution in [0, 0.1) is 12.8 Å². The molecule has 0 aromatic carbocycles. The normalized spacial score (nSPS) is 15.7. The molecule has 1 N–H and O–H groups in total. The molecule has 0 saturated carbocycles. The lowest BCUT2D eigenvalue weighted by Crippen LogP contribution is -2.51. The number of aryl methyl sites for hydroxylation is 1. The van der Waals surface area contributed by atoms with Crippen molar-refractivity contribution in [1.29, 1.82) is 0 Å². The summed E-state index contributed by atoms with van der Waals surface area (Å²) < 4.78 is 0. The highest BCUT2D eigenvalue weighted by Crippen LogP contribution is 2.24. The smallest absolute Gasteiger partial charge is 0.151 e. The maximum Gasteiger partial charge on any atom is 0.151 e. The zero-order valence-corrected chi connectivity index (χ0v) is 15.2. The minimum atomic E-state index is 0.0573. The van der Waals surface area contributed by atoms with E-state index < -0.39 is 0 Å². The number of hydrogen-bond donors (Lipinski definition) is 1. The largest absolute Gasteiger partial charge is 0.354 e. The zero-order chi connectivity index (χ0) is 16.4. The number of hydrogen-bond acceptors (Lipinski definition) is 6. The fraction of sp³-hybridized carbons (Fsp3) is 0.588. The fourth-order valence-corrected chi connectivity index (χ4v) is 3.41. The summed E-state index contributed by atoms with van der Waals surface area (Å²) in [5, 5.41) is 12.3. The number of nitrogens with one attached hydrogen (secondary N) is 1. The summed E-state index contributed by atoms with van der Waals surface area (Å²) in [5.41, 5.74) is 4.16. The van der Waals surface area contributed by atoms with Gasteiger partial charge in [-0.05, 0) is 19.1 Å². The molecule has 1 saturated heterocycles. The Morgan fingerprint density at radius 1 is 1.26 bits per heavy atom. The van der Waals surface area contributed by atoms with Gasteiger partial charge in [-0.15, -0.1) is 16.4 Å². The van der Waals surface area contributed by atoms with Crippen LogP contribution < -0.4 is 10.2 Å². The summed E-state index contributed by atoms with van der Waals surface area (Å²) in [4.78, 5) is 7.91. The molecule has 1 fully saturated rings. The van der Waals surface area contributed by atoms with Crippen molar-refractivity contribution >= 4 is 17.2 Å². The molecule has 6 heteroatoms. The molecule has 0 aliphatic carbocycles. The Hall–Kier alpha value is -1.53. The second-order valence-electron chi connectivity index (χ2n) is 7.29.